The highest BCUT2D eigenvalue weighted by Gasteiger charge is 2.32. The molecule has 0 aliphatic carbocycles. The molecule has 0 amide bonds. The van der Waals surface area contributed by atoms with E-state index in [9.17, 15) is 31.7 Å². The Morgan fingerprint density at radius 2 is 1.95 bits per heavy atom. The van der Waals surface area contributed by atoms with Gasteiger partial charge in [-0.05, 0) is 12.1 Å². The molecule has 1 rings (SSSR count). The molecule has 19 heavy (non-hydrogen) atoms. The van der Waals surface area contributed by atoms with Crippen molar-refractivity contribution in [3.05, 3.63) is 28.3 Å². The van der Waals surface area contributed by atoms with Gasteiger partial charge in [-0.3, -0.25) is 10.1 Å². The van der Waals surface area contributed by atoms with Gasteiger partial charge in [0.25, 0.3) is 5.69 Å². The van der Waals surface area contributed by atoms with Crippen LogP contribution in [0.25, 0.3) is 0 Å². The molecular weight excluding hydrogens is 291 g/mol. The summed E-state index contributed by atoms with van der Waals surface area (Å²) in [6.45, 7) is -1.83. The fraction of sp³-hybridized carbons (Fsp3) is 0.250. The minimum absolute atomic E-state index is 0.127. The fourth-order valence-electron chi connectivity index (χ4n) is 1.15. The molecule has 0 radical (unpaired) electrons. The minimum Gasteiger partial charge on any atom is -0.399 e. The average Bonchev–Trinajstić information content (AvgIpc) is 2.25. The third-order valence-corrected chi connectivity index (χ3v) is 3.36. The second kappa shape index (κ2) is 5.01. The van der Waals surface area contributed by atoms with Gasteiger partial charge in [-0.25, -0.2) is 13.1 Å². The van der Waals surface area contributed by atoms with Gasteiger partial charge in [0.05, 0.1) is 4.92 Å². The highest BCUT2D eigenvalue weighted by Crippen LogP contribution is 2.26. The molecule has 0 aliphatic heterocycles. The van der Waals surface area contributed by atoms with E-state index in [1.165, 1.54) is 4.72 Å². The van der Waals surface area contributed by atoms with E-state index in [-0.39, 0.29) is 5.69 Å². The quantitative estimate of drug-likeness (QED) is 0.489. The predicted octanol–water partition coefficient (Wildman–Crippen LogP) is 1.02. The summed E-state index contributed by atoms with van der Waals surface area (Å²) in [4.78, 5) is 8.69. The Morgan fingerprint density at radius 1 is 1.37 bits per heavy atom. The Morgan fingerprint density at radius 3 is 2.42 bits per heavy atom. The number of benzene rings is 1. The minimum atomic E-state index is -4.78. The summed E-state index contributed by atoms with van der Waals surface area (Å²) in [6.07, 6.45) is -4.78. The largest absolute Gasteiger partial charge is 0.402 e. The molecule has 0 spiro atoms. The van der Waals surface area contributed by atoms with Crippen LogP contribution in [0.15, 0.2) is 23.1 Å². The summed E-state index contributed by atoms with van der Waals surface area (Å²) in [6, 6.07) is 2.59. The van der Waals surface area contributed by atoms with Gasteiger partial charge in [0.1, 0.15) is 6.54 Å². The van der Waals surface area contributed by atoms with Crippen molar-refractivity contribution in [2.75, 3.05) is 12.3 Å². The van der Waals surface area contributed by atoms with Crippen LogP contribution in [0.2, 0.25) is 0 Å². The summed E-state index contributed by atoms with van der Waals surface area (Å²) >= 11 is 0. The van der Waals surface area contributed by atoms with Crippen LogP contribution >= 0.6 is 0 Å². The van der Waals surface area contributed by atoms with Crippen LogP contribution in [0, 0.1) is 10.1 Å². The highest BCUT2D eigenvalue weighted by molar-refractivity contribution is 7.89. The number of rotatable bonds is 4. The molecule has 0 fully saturated rings. The zero-order valence-electron chi connectivity index (χ0n) is 9.14. The fourth-order valence-corrected chi connectivity index (χ4v) is 2.37. The van der Waals surface area contributed by atoms with E-state index in [2.05, 4.69) is 0 Å². The molecule has 7 nitrogen and oxygen atoms in total. The molecule has 0 unspecified atom stereocenters. The monoisotopic (exact) mass is 299 g/mol. The first-order valence-corrected chi connectivity index (χ1v) is 6.11. The van der Waals surface area contributed by atoms with Crippen LogP contribution in [-0.2, 0) is 10.0 Å². The topological polar surface area (TPSA) is 115 Å². The number of hydrogen-bond donors (Lipinski definition) is 2. The molecule has 11 heteroatoms. The standard InChI is InChI=1S/C8H8F3N3O4S/c9-8(10,11)4-13-19(17,18)7-3-5(12)1-2-6(7)14(15)16/h1-3,13H,4,12H2. The van der Waals surface area contributed by atoms with E-state index < -0.39 is 38.3 Å². The molecule has 0 heterocycles. The van der Waals surface area contributed by atoms with E-state index in [4.69, 9.17) is 5.73 Å². The first kappa shape index (κ1) is 15.2. The number of nitrogen functional groups attached to an aromatic ring is 1. The SMILES string of the molecule is Nc1ccc([N+](=O)[O-])c(S(=O)(=O)NCC(F)(F)F)c1. The molecule has 0 aliphatic rings. The van der Waals surface area contributed by atoms with Gasteiger partial charge >= 0.3 is 6.18 Å². The molecular formula is C8H8F3N3O4S. The highest BCUT2D eigenvalue weighted by atomic mass is 32.2. The van der Waals surface area contributed by atoms with Gasteiger partial charge in [-0.2, -0.15) is 13.2 Å². The van der Waals surface area contributed by atoms with Gasteiger partial charge in [-0.1, -0.05) is 0 Å². The molecule has 1 aromatic rings. The summed E-state index contributed by atoms with van der Waals surface area (Å²) in [5, 5.41) is 10.6. The number of nitrogens with two attached hydrogens (primary N) is 1. The summed E-state index contributed by atoms with van der Waals surface area (Å²) in [7, 11) is -4.68. The molecule has 0 bridgehead atoms. The first-order chi connectivity index (χ1) is 8.53. The number of hydrogen-bond acceptors (Lipinski definition) is 5. The van der Waals surface area contributed by atoms with Crippen LogP contribution in [-0.4, -0.2) is 26.1 Å². The van der Waals surface area contributed by atoms with Crippen molar-refractivity contribution in [2.45, 2.75) is 11.1 Å². The smallest absolute Gasteiger partial charge is 0.399 e. The number of anilines is 1. The van der Waals surface area contributed by atoms with Gasteiger partial charge < -0.3 is 5.73 Å². The van der Waals surface area contributed by atoms with Gasteiger partial charge in [0, 0.05) is 11.8 Å². The molecule has 1 aromatic carbocycles. The van der Waals surface area contributed by atoms with Gasteiger partial charge in [0.15, 0.2) is 4.90 Å². The van der Waals surface area contributed by atoms with Crippen molar-refractivity contribution in [1.82, 2.24) is 4.72 Å². The third kappa shape index (κ3) is 4.06. The van der Waals surface area contributed by atoms with Gasteiger partial charge in [-0.15, -0.1) is 0 Å². The lowest BCUT2D eigenvalue weighted by Crippen LogP contribution is -2.34. The molecule has 0 aromatic heterocycles. The Balaban J connectivity index is 3.21. The lowest BCUT2D eigenvalue weighted by molar-refractivity contribution is -0.387. The molecule has 3 N–H and O–H groups in total. The van der Waals surface area contributed by atoms with Crippen molar-refractivity contribution in [3.8, 4) is 0 Å². The maximum absolute atomic E-state index is 12.0. The van der Waals surface area contributed by atoms with Gasteiger partial charge in [0.2, 0.25) is 10.0 Å². The third-order valence-electron chi connectivity index (χ3n) is 1.93. The maximum Gasteiger partial charge on any atom is 0.402 e. The number of nitrogens with one attached hydrogen (secondary N) is 1. The number of nitrogens with zero attached hydrogens (tertiary/aromatic N) is 1. The van der Waals surface area contributed by atoms with Crippen molar-refractivity contribution in [2.24, 2.45) is 0 Å². The first-order valence-electron chi connectivity index (χ1n) is 4.63. The van der Waals surface area contributed by atoms with Crippen LogP contribution in [0.4, 0.5) is 24.5 Å². The zero-order chi connectivity index (χ0) is 14.8. The van der Waals surface area contributed by atoms with E-state index >= 15 is 0 Å². The lowest BCUT2D eigenvalue weighted by Gasteiger charge is -2.09. The van der Waals surface area contributed by atoms with Crippen LogP contribution < -0.4 is 10.5 Å². The maximum atomic E-state index is 12.0. The molecule has 0 saturated carbocycles. The Labute approximate surface area is 105 Å². The zero-order valence-corrected chi connectivity index (χ0v) is 9.96. The normalized spacial score (nSPS) is 12.4. The molecule has 106 valence electrons. The molecule has 0 saturated heterocycles. The summed E-state index contributed by atoms with van der Waals surface area (Å²) < 4.78 is 60.3. The lowest BCUT2D eigenvalue weighted by atomic mass is 10.3. The Bertz CT molecular complexity index is 600. The average molecular weight is 299 g/mol. The van der Waals surface area contributed by atoms with Crippen LogP contribution in [0.1, 0.15) is 0 Å². The Hall–Kier alpha value is -1.88. The van der Waals surface area contributed by atoms with Crippen molar-refractivity contribution in [1.29, 1.82) is 0 Å². The van der Waals surface area contributed by atoms with E-state index in [0.29, 0.717) is 0 Å². The van der Waals surface area contributed by atoms with E-state index in [0.717, 1.165) is 18.2 Å². The Kier molecular flexibility index (Phi) is 4.00. The number of sulfonamides is 1. The van der Waals surface area contributed by atoms with Crippen molar-refractivity contribution < 1.29 is 26.5 Å². The number of nitro benzene ring substituents is 1. The summed E-state index contributed by atoms with van der Waals surface area (Å²) in [5.74, 6) is 0. The second-order valence-electron chi connectivity index (χ2n) is 3.42. The van der Waals surface area contributed by atoms with Crippen molar-refractivity contribution in [3.63, 3.8) is 0 Å². The van der Waals surface area contributed by atoms with Crippen molar-refractivity contribution >= 4 is 21.4 Å². The predicted molar refractivity (Wildman–Crippen MR) is 58.8 cm³/mol. The summed E-state index contributed by atoms with van der Waals surface area (Å²) in [5.41, 5.74) is 4.28. The van der Waals surface area contributed by atoms with E-state index in [1.54, 1.807) is 0 Å². The van der Waals surface area contributed by atoms with Crippen LogP contribution in [0.5, 0.6) is 0 Å². The van der Waals surface area contributed by atoms with Crippen LogP contribution in [0.3, 0.4) is 0 Å². The number of halogens is 3. The van der Waals surface area contributed by atoms with E-state index in [1.807, 2.05) is 0 Å². The second-order valence-corrected chi connectivity index (χ2v) is 5.16. The number of alkyl halides is 3. The molecule has 0 atom stereocenters. The number of nitro groups is 1.